The molecule has 1 fully saturated rings. The molecule has 3 N–H and O–H groups in total. The number of rotatable bonds is 5. The maximum absolute atomic E-state index is 12.2. The largest absolute Gasteiger partial charge is 0.335 e. The van der Waals surface area contributed by atoms with Crippen LogP contribution in [0.4, 0.5) is 16.2 Å². The molecular formula is C16H17N3O3S. The zero-order chi connectivity index (χ0) is 16.3. The van der Waals surface area contributed by atoms with Gasteiger partial charge in [-0.05, 0) is 49.2 Å². The van der Waals surface area contributed by atoms with Crippen molar-refractivity contribution in [3.63, 3.8) is 0 Å². The topological polar surface area (TPSA) is 87.3 Å². The molecule has 120 valence electrons. The van der Waals surface area contributed by atoms with E-state index in [4.69, 9.17) is 0 Å². The Bertz CT molecular complexity index is 785. The Kier molecular flexibility index (Phi) is 4.20. The van der Waals surface area contributed by atoms with Crippen molar-refractivity contribution < 1.29 is 13.2 Å². The Morgan fingerprint density at radius 3 is 2.13 bits per heavy atom. The SMILES string of the molecule is O=C(Nc1ccc(NS(=O)(=O)c2ccccc2)cc1)NC1CC1. The summed E-state index contributed by atoms with van der Waals surface area (Å²) in [5, 5.41) is 5.52. The number of anilines is 2. The minimum Gasteiger partial charge on any atom is -0.335 e. The average Bonchev–Trinajstić information content (AvgIpc) is 3.34. The van der Waals surface area contributed by atoms with Gasteiger partial charge in [-0.25, -0.2) is 13.2 Å². The van der Waals surface area contributed by atoms with Crippen molar-refractivity contribution in [1.82, 2.24) is 5.32 Å². The van der Waals surface area contributed by atoms with Gasteiger partial charge < -0.3 is 10.6 Å². The second-order valence-corrected chi connectivity index (χ2v) is 7.05. The molecule has 0 bridgehead atoms. The summed E-state index contributed by atoms with van der Waals surface area (Å²) in [6.45, 7) is 0. The molecule has 2 aromatic carbocycles. The van der Waals surface area contributed by atoms with Crippen molar-refractivity contribution in [3.05, 3.63) is 54.6 Å². The Morgan fingerprint density at radius 1 is 0.913 bits per heavy atom. The van der Waals surface area contributed by atoms with Crippen LogP contribution < -0.4 is 15.4 Å². The fraction of sp³-hybridized carbons (Fsp3) is 0.188. The third-order valence-electron chi connectivity index (χ3n) is 3.36. The zero-order valence-electron chi connectivity index (χ0n) is 12.3. The smallest absolute Gasteiger partial charge is 0.319 e. The van der Waals surface area contributed by atoms with Crippen LogP contribution in [0.2, 0.25) is 0 Å². The highest BCUT2D eigenvalue weighted by Crippen LogP contribution is 2.20. The van der Waals surface area contributed by atoms with E-state index in [0.717, 1.165) is 12.8 Å². The van der Waals surface area contributed by atoms with Crippen LogP contribution in [-0.4, -0.2) is 20.5 Å². The van der Waals surface area contributed by atoms with E-state index in [1.807, 2.05) is 0 Å². The van der Waals surface area contributed by atoms with Crippen molar-refractivity contribution in [2.75, 3.05) is 10.0 Å². The number of amides is 2. The lowest BCUT2D eigenvalue weighted by Gasteiger charge is -2.10. The van der Waals surface area contributed by atoms with E-state index in [2.05, 4.69) is 15.4 Å². The fourth-order valence-corrected chi connectivity index (χ4v) is 3.10. The maximum Gasteiger partial charge on any atom is 0.319 e. The van der Waals surface area contributed by atoms with E-state index < -0.39 is 10.0 Å². The molecular weight excluding hydrogens is 314 g/mol. The lowest BCUT2D eigenvalue weighted by molar-refractivity contribution is 0.251. The minimum absolute atomic E-state index is 0.200. The number of benzene rings is 2. The fourth-order valence-electron chi connectivity index (χ4n) is 2.02. The van der Waals surface area contributed by atoms with E-state index in [-0.39, 0.29) is 17.0 Å². The molecule has 2 amide bonds. The molecule has 1 saturated carbocycles. The van der Waals surface area contributed by atoms with Gasteiger partial charge in [-0.1, -0.05) is 18.2 Å². The first-order chi connectivity index (χ1) is 11.0. The van der Waals surface area contributed by atoms with Crippen LogP contribution in [0.25, 0.3) is 0 Å². The van der Waals surface area contributed by atoms with Crippen LogP contribution in [0, 0.1) is 0 Å². The molecule has 1 aliphatic carbocycles. The van der Waals surface area contributed by atoms with Gasteiger partial charge in [0, 0.05) is 17.4 Å². The molecule has 6 nitrogen and oxygen atoms in total. The zero-order valence-corrected chi connectivity index (χ0v) is 13.1. The van der Waals surface area contributed by atoms with Crippen LogP contribution in [0.1, 0.15) is 12.8 Å². The first-order valence-corrected chi connectivity index (χ1v) is 8.77. The van der Waals surface area contributed by atoms with E-state index >= 15 is 0 Å². The highest BCUT2D eigenvalue weighted by molar-refractivity contribution is 7.92. The standard InChI is InChI=1S/C16H17N3O3S/c20-16(17-12-6-7-12)18-13-8-10-14(11-9-13)19-23(21,22)15-4-2-1-3-5-15/h1-5,8-12,19H,6-7H2,(H2,17,18,20). The predicted octanol–water partition coefficient (Wildman–Crippen LogP) is 2.77. The highest BCUT2D eigenvalue weighted by Gasteiger charge is 2.23. The molecule has 0 aromatic heterocycles. The molecule has 0 unspecified atom stereocenters. The summed E-state index contributed by atoms with van der Waals surface area (Å²) < 4.78 is 26.9. The van der Waals surface area contributed by atoms with E-state index in [1.165, 1.54) is 12.1 Å². The number of urea groups is 1. The molecule has 0 atom stereocenters. The quantitative estimate of drug-likeness (QED) is 0.787. The number of carbonyl (C=O) groups excluding carboxylic acids is 1. The molecule has 2 aromatic rings. The molecule has 3 rings (SSSR count). The summed E-state index contributed by atoms with van der Waals surface area (Å²) in [5.41, 5.74) is 1.04. The van der Waals surface area contributed by atoms with E-state index in [9.17, 15) is 13.2 Å². The van der Waals surface area contributed by atoms with Gasteiger partial charge in [0.1, 0.15) is 0 Å². The van der Waals surface area contributed by atoms with Gasteiger partial charge in [0.25, 0.3) is 10.0 Å². The first-order valence-electron chi connectivity index (χ1n) is 7.28. The second kappa shape index (κ2) is 6.29. The van der Waals surface area contributed by atoms with Crippen LogP contribution in [-0.2, 0) is 10.0 Å². The molecule has 23 heavy (non-hydrogen) atoms. The summed E-state index contributed by atoms with van der Waals surface area (Å²) >= 11 is 0. The second-order valence-electron chi connectivity index (χ2n) is 5.37. The third-order valence-corrected chi connectivity index (χ3v) is 4.76. The van der Waals surface area contributed by atoms with Crippen molar-refractivity contribution >= 4 is 27.4 Å². The number of carbonyl (C=O) groups is 1. The Hall–Kier alpha value is -2.54. The lowest BCUT2D eigenvalue weighted by Crippen LogP contribution is -2.30. The Morgan fingerprint density at radius 2 is 1.52 bits per heavy atom. The maximum atomic E-state index is 12.2. The average molecular weight is 331 g/mol. The van der Waals surface area contributed by atoms with E-state index in [0.29, 0.717) is 11.4 Å². The Labute approximate surface area is 135 Å². The van der Waals surface area contributed by atoms with Crippen molar-refractivity contribution in [2.45, 2.75) is 23.8 Å². The monoisotopic (exact) mass is 331 g/mol. The van der Waals surface area contributed by atoms with Crippen LogP contribution in [0.3, 0.4) is 0 Å². The summed E-state index contributed by atoms with van der Waals surface area (Å²) in [4.78, 5) is 11.8. The van der Waals surface area contributed by atoms with Gasteiger partial charge >= 0.3 is 6.03 Å². The van der Waals surface area contributed by atoms with Gasteiger partial charge in [-0.3, -0.25) is 4.72 Å². The Balaban J connectivity index is 1.64. The molecule has 1 aliphatic rings. The number of hydrogen-bond donors (Lipinski definition) is 3. The van der Waals surface area contributed by atoms with Crippen molar-refractivity contribution in [2.24, 2.45) is 0 Å². The summed E-state index contributed by atoms with van der Waals surface area (Å²) in [6, 6.07) is 14.7. The van der Waals surface area contributed by atoms with Crippen molar-refractivity contribution in [3.8, 4) is 0 Å². The van der Waals surface area contributed by atoms with Gasteiger partial charge in [0.05, 0.1) is 4.90 Å². The molecule has 0 spiro atoms. The highest BCUT2D eigenvalue weighted by atomic mass is 32.2. The number of sulfonamides is 1. The number of nitrogens with one attached hydrogen (secondary N) is 3. The molecule has 0 aliphatic heterocycles. The third kappa shape index (κ3) is 4.23. The summed E-state index contributed by atoms with van der Waals surface area (Å²) in [7, 11) is -3.61. The normalized spacial score (nSPS) is 14.1. The van der Waals surface area contributed by atoms with Crippen LogP contribution >= 0.6 is 0 Å². The summed E-state index contributed by atoms with van der Waals surface area (Å²) in [5.74, 6) is 0. The van der Waals surface area contributed by atoms with Crippen LogP contribution in [0.15, 0.2) is 59.5 Å². The molecule has 0 heterocycles. The molecule has 0 saturated heterocycles. The van der Waals surface area contributed by atoms with Crippen LogP contribution in [0.5, 0.6) is 0 Å². The number of hydrogen-bond acceptors (Lipinski definition) is 3. The molecule has 7 heteroatoms. The van der Waals surface area contributed by atoms with E-state index in [1.54, 1.807) is 42.5 Å². The first kappa shape index (κ1) is 15.4. The molecule has 0 radical (unpaired) electrons. The van der Waals surface area contributed by atoms with Gasteiger partial charge in [0.15, 0.2) is 0 Å². The van der Waals surface area contributed by atoms with Crippen molar-refractivity contribution in [1.29, 1.82) is 0 Å². The van der Waals surface area contributed by atoms with Gasteiger partial charge in [-0.2, -0.15) is 0 Å². The predicted molar refractivity (Wildman–Crippen MR) is 88.9 cm³/mol. The lowest BCUT2D eigenvalue weighted by atomic mass is 10.3. The van der Waals surface area contributed by atoms with Gasteiger partial charge in [-0.15, -0.1) is 0 Å². The summed E-state index contributed by atoms with van der Waals surface area (Å²) in [6.07, 6.45) is 2.04. The minimum atomic E-state index is -3.61. The van der Waals surface area contributed by atoms with Gasteiger partial charge in [0.2, 0.25) is 0 Å².